The van der Waals surface area contributed by atoms with Crippen LogP contribution in [0.5, 0.6) is 0 Å². The first-order valence-corrected chi connectivity index (χ1v) is 8.37. The third kappa shape index (κ3) is 3.30. The highest BCUT2D eigenvalue weighted by Gasteiger charge is 2.08. The van der Waals surface area contributed by atoms with E-state index in [1.807, 2.05) is 30.5 Å². The molecule has 0 aliphatic carbocycles. The predicted octanol–water partition coefficient (Wildman–Crippen LogP) is 3.90. The largest absolute Gasteiger partial charge is 0.431 e. The molecule has 2 aromatic heterocycles. The Bertz CT molecular complexity index is 931. The first-order valence-electron chi connectivity index (χ1n) is 7.38. The summed E-state index contributed by atoms with van der Waals surface area (Å²) < 4.78 is 20.3. The Morgan fingerprint density at radius 1 is 1.08 bits per heavy atom. The Labute approximate surface area is 141 Å². The SMILES string of the molecule is Fc1ccc(Cn2cc(CSc3nc4ccccc4o3)nn2)cc1. The first kappa shape index (κ1) is 14.9. The zero-order valence-electron chi connectivity index (χ0n) is 12.6. The fourth-order valence-electron chi connectivity index (χ4n) is 2.31. The van der Waals surface area contributed by atoms with Crippen molar-refractivity contribution in [2.75, 3.05) is 0 Å². The highest BCUT2D eigenvalue weighted by Crippen LogP contribution is 2.25. The lowest BCUT2D eigenvalue weighted by atomic mass is 10.2. The van der Waals surface area contributed by atoms with Crippen LogP contribution in [-0.2, 0) is 12.3 Å². The molecule has 2 aromatic carbocycles. The number of nitrogens with zero attached hydrogens (tertiary/aromatic N) is 4. The van der Waals surface area contributed by atoms with E-state index >= 15 is 0 Å². The summed E-state index contributed by atoms with van der Waals surface area (Å²) in [7, 11) is 0. The zero-order valence-corrected chi connectivity index (χ0v) is 13.4. The van der Waals surface area contributed by atoms with Gasteiger partial charge in [-0.25, -0.2) is 14.1 Å². The molecule has 0 fully saturated rings. The van der Waals surface area contributed by atoms with Crippen molar-refractivity contribution in [2.45, 2.75) is 17.5 Å². The summed E-state index contributed by atoms with van der Waals surface area (Å²) in [6.45, 7) is 0.556. The molecule has 0 saturated carbocycles. The third-order valence-corrected chi connectivity index (χ3v) is 4.32. The molecule has 7 heteroatoms. The van der Waals surface area contributed by atoms with E-state index in [0.29, 0.717) is 17.5 Å². The minimum absolute atomic E-state index is 0.243. The maximum atomic E-state index is 12.9. The number of oxazole rings is 1. The van der Waals surface area contributed by atoms with Crippen molar-refractivity contribution in [1.29, 1.82) is 0 Å². The molecule has 0 aliphatic heterocycles. The second-order valence-corrected chi connectivity index (χ2v) is 6.20. The van der Waals surface area contributed by atoms with Gasteiger partial charge < -0.3 is 4.42 Å². The second kappa shape index (κ2) is 6.45. The van der Waals surface area contributed by atoms with Crippen LogP contribution in [0.2, 0.25) is 0 Å². The summed E-state index contributed by atoms with van der Waals surface area (Å²) in [6, 6.07) is 14.0. The van der Waals surface area contributed by atoms with Gasteiger partial charge in [-0.15, -0.1) is 5.10 Å². The van der Waals surface area contributed by atoms with E-state index in [1.54, 1.807) is 16.8 Å². The van der Waals surface area contributed by atoms with Crippen LogP contribution in [0, 0.1) is 5.82 Å². The van der Waals surface area contributed by atoms with Gasteiger partial charge in [0.15, 0.2) is 5.58 Å². The first-order chi connectivity index (χ1) is 11.8. The van der Waals surface area contributed by atoms with Gasteiger partial charge in [-0.2, -0.15) is 0 Å². The molecule has 4 rings (SSSR count). The molecule has 5 nitrogen and oxygen atoms in total. The summed E-state index contributed by atoms with van der Waals surface area (Å²) in [4.78, 5) is 4.42. The van der Waals surface area contributed by atoms with Crippen LogP contribution in [0.15, 0.2) is 64.4 Å². The summed E-state index contributed by atoms with van der Waals surface area (Å²) >= 11 is 1.48. The summed E-state index contributed by atoms with van der Waals surface area (Å²) in [5.74, 6) is 0.378. The third-order valence-electron chi connectivity index (χ3n) is 3.46. The molecule has 4 aromatic rings. The van der Waals surface area contributed by atoms with Gasteiger partial charge in [-0.05, 0) is 29.8 Å². The maximum Gasteiger partial charge on any atom is 0.257 e. The smallest absolute Gasteiger partial charge is 0.257 e. The van der Waals surface area contributed by atoms with Crippen molar-refractivity contribution < 1.29 is 8.81 Å². The molecule has 0 saturated heterocycles. The Kier molecular flexibility index (Phi) is 4.00. The number of hydrogen-bond donors (Lipinski definition) is 0. The topological polar surface area (TPSA) is 56.7 Å². The van der Waals surface area contributed by atoms with Crippen LogP contribution < -0.4 is 0 Å². The average Bonchev–Trinajstić information content (AvgIpc) is 3.21. The number of hydrogen-bond acceptors (Lipinski definition) is 5. The number of halogens is 1. The molecule has 24 heavy (non-hydrogen) atoms. The van der Waals surface area contributed by atoms with Crippen molar-refractivity contribution >= 4 is 22.9 Å². The summed E-state index contributed by atoms with van der Waals surface area (Å²) in [6.07, 6.45) is 1.87. The van der Waals surface area contributed by atoms with E-state index in [4.69, 9.17) is 4.42 Å². The van der Waals surface area contributed by atoms with Crippen LogP contribution in [0.3, 0.4) is 0 Å². The molecular weight excluding hydrogens is 327 g/mol. The van der Waals surface area contributed by atoms with Gasteiger partial charge in [0.2, 0.25) is 0 Å². The molecule has 0 aliphatic rings. The highest BCUT2D eigenvalue weighted by molar-refractivity contribution is 7.98. The number of aromatic nitrogens is 4. The number of rotatable bonds is 5. The fourth-order valence-corrected chi connectivity index (χ4v) is 3.02. The monoisotopic (exact) mass is 340 g/mol. The Balaban J connectivity index is 1.40. The van der Waals surface area contributed by atoms with Gasteiger partial charge in [0, 0.05) is 11.9 Å². The van der Waals surface area contributed by atoms with Gasteiger partial charge in [-0.1, -0.05) is 41.2 Å². The van der Waals surface area contributed by atoms with Crippen molar-refractivity contribution in [1.82, 2.24) is 20.0 Å². The second-order valence-electron chi connectivity index (χ2n) is 5.27. The van der Waals surface area contributed by atoms with Crippen LogP contribution in [-0.4, -0.2) is 20.0 Å². The zero-order chi connectivity index (χ0) is 16.4. The number of fused-ring (bicyclic) bond motifs is 1. The maximum absolute atomic E-state index is 12.9. The van der Waals surface area contributed by atoms with Crippen LogP contribution in [0.4, 0.5) is 4.39 Å². The van der Waals surface area contributed by atoms with E-state index < -0.39 is 0 Å². The van der Waals surface area contributed by atoms with Crippen LogP contribution in [0.25, 0.3) is 11.1 Å². The lowest BCUT2D eigenvalue weighted by Crippen LogP contribution is -2.00. The molecule has 0 bridgehead atoms. The van der Waals surface area contributed by atoms with E-state index in [0.717, 1.165) is 22.4 Å². The van der Waals surface area contributed by atoms with E-state index in [9.17, 15) is 4.39 Å². The van der Waals surface area contributed by atoms with Crippen LogP contribution in [0.1, 0.15) is 11.3 Å². The number of benzene rings is 2. The molecular formula is C17H13FN4OS. The van der Waals surface area contributed by atoms with Crippen LogP contribution >= 0.6 is 11.8 Å². The molecule has 0 atom stereocenters. The van der Waals surface area contributed by atoms with Crippen molar-refractivity contribution in [3.63, 3.8) is 0 Å². The van der Waals surface area contributed by atoms with Gasteiger partial charge in [0.1, 0.15) is 11.3 Å². The van der Waals surface area contributed by atoms with Crippen molar-refractivity contribution in [3.8, 4) is 0 Å². The highest BCUT2D eigenvalue weighted by atomic mass is 32.2. The molecule has 120 valence electrons. The lowest BCUT2D eigenvalue weighted by Gasteiger charge is -2.00. The van der Waals surface area contributed by atoms with Crippen molar-refractivity contribution in [3.05, 3.63) is 71.8 Å². The van der Waals surface area contributed by atoms with E-state index in [-0.39, 0.29) is 5.82 Å². The van der Waals surface area contributed by atoms with Gasteiger partial charge in [0.05, 0.1) is 12.2 Å². The molecule has 0 amide bonds. The standard InChI is InChI=1S/C17H13FN4OS/c18-13-7-5-12(6-8-13)9-22-10-14(20-21-22)11-24-17-19-15-3-1-2-4-16(15)23-17/h1-8,10H,9,11H2. The fraction of sp³-hybridized carbons (Fsp3) is 0.118. The molecule has 0 N–H and O–H groups in total. The number of para-hydroxylation sites is 2. The quantitative estimate of drug-likeness (QED) is 0.516. The van der Waals surface area contributed by atoms with Gasteiger partial charge in [-0.3, -0.25) is 0 Å². The van der Waals surface area contributed by atoms with Crippen molar-refractivity contribution in [2.24, 2.45) is 0 Å². The summed E-state index contributed by atoms with van der Waals surface area (Å²) in [5.41, 5.74) is 3.43. The lowest BCUT2D eigenvalue weighted by molar-refractivity contribution is 0.489. The Morgan fingerprint density at radius 2 is 1.92 bits per heavy atom. The van der Waals surface area contributed by atoms with Gasteiger partial charge in [0.25, 0.3) is 5.22 Å². The molecule has 2 heterocycles. The van der Waals surface area contributed by atoms with E-state index in [2.05, 4.69) is 15.3 Å². The Hall–Kier alpha value is -2.67. The minimum Gasteiger partial charge on any atom is -0.431 e. The average molecular weight is 340 g/mol. The molecule has 0 unspecified atom stereocenters. The Morgan fingerprint density at radius 3 is 2.75 bits per heavy atom. The summed E-state index contributed by atoms with van der Waals surface area (Å²) in [5, 5.41) is 8.86. The normalized spacial score (nSPS) is 11.2. The predicted molar refractivity (Wildman–Crippen MR) is 89.1 cm³/mol. The van der Waals surface area contributed by atoms with E-state index in [1.165, 1.54) is 23.9 Å². The molecule has 0 spiro atoms. The molecule has 0 radical (unpaired) electrons. The van der Waals surface area contributed by atoms with Gasteiger partial charge >= 0.3 is 0 Å². The number of thioether (sulfide) groups is 1. The minimum atomic E-state index is -0.243.